The second-order valence-corrected chi connectivity index (χ2v) is 6.13. The van der Waals surface area contributed by atoms with E-state index >= 15 is 0 Å². The predicted octanol–water partition coefficient (Wildman–Crippen LogP) is 1.70. The Hall–Kier alpha value is -1.95. The van der Waals surface area contributed by atoms with Gasteiger partial charge < -0.3 is 14.7 Å². The van der Waals surface area contributed by atoms with Crippen molar-refractivity contribution in [3.63, 3.8) is 0 Å². The number of amides is 1. The van der Waals surface area contributed by atoms with Crippen molar-refractivity contribution in [1.82, 2.24) is 4.90 Å². The lowest BCUT2D eigenvalue weighted by atomic mass is 9.74. The first kappa shape index (κ1) is 15.0. The zero-order valence-electron chi connectivity index (χ0n) is 12.3. The molecule has 2 saturated heterocycles. The Balaban J connectivity index is 1.89. The molecule has 0 aromatic heterocycles. The lowest BCUT2D eigenvalue weighted by molar-refractivity contribution is -0.157. The van der Waals surface area contributed by atoms with Gasteiger partial charge in [0.25, 0.3) is 5.91 Å². The Morgan fingerprint density at radius 1 is 1.45 bits per heavy atom. The molecule has 0 saturated carbocycles. The summed E-state index contributed by atoms with van der Waals surface area (Å²) in [6.45, 7) is 2.97. The van der Waals surface area contributed by atoms with Crippen LogP contribution >= 0.6 is 0 Å². The quantitative estimate of drug-likeness (QED) is 0.903. The monoisotopic (exact) mass is 307 g/mol. The number of nitrogens with zero attached hydrogens (tertiary/aromatic N) is 1. The van der Waals surface area contributed by atoms with Crippen molar-refractivity contribution in [2.75, 3.05) is 26.3 Å². The van der Waals surface area contributed by atoms with Gasteiger partial charge in [-0.3, -0.25) is 9.59 Å². The Kier molecular flexibility index (Phi) is 3.64. The molecule has 1 aromatic carbocycles. The SMILES string of the molecule is Cc1ccc(F)cc1C(=O)N1C[C@H]2COCC[C@@]2(C(=O)O)C1. The number of fused-ring (bicyclic) bond motifs is 1. The molecule has 2 atom stereocenters. The minimum atomic E-state index is -0.935. The lowest BCUT2D eigenvalue weighted by Crippen LogP contribution is -2.45. The van der Waals surface area contributed by atoms with Crippen molar-refractivity contribution < 1.29 is 23.8 Å². The number of likely N-dealkylation sites (tertiary alicyclic amines) is 1. The molecule has 3 rings (SSSR count). The normalized spacial score (nSPS) is 27.5. The topological polar surface area (TPSA) is 66.8 Å². The molecule has 0 spiro atoms. The first-order valence-corrected chi connectivity index (χ1v) is 7.30. The molecule has 1 aromatic rings. The van der Waals surface area contributed by atoms with Crippen LogP contribution in [0.15, 0.2) is 18.2 Å². The van der Waals surface area contributed by atoms with Crippen LogP contribution in [0.25, 0.3) is 0 Å². The number of carbonyl (C=O) groups is 2. The van der Waals surface area contributed by atoms with Crippen LogP contribution in [0.4, 0.5) is 4.39 Å². The van der Waals surface area contributed by atoms with E-state index in [2.05, 4.69) is 0 Å². The third-order valence-corrected chi connectivity index (χ3v) is 4.85. The molecule has 2 aliphatic heterocycles. The smallest absolute Gasteiger partial charge is 0.311 e. The fourth-order valence-corrected chi connectivity index (χ4v) is 3.45. The van der Waals surface area contributed by atoms with Gasteiger partial charge >= 0.3 is 5.97 Å². The summed E-state index contributed by atoms with van der Waals surface area (Å²) in [5.41, 5.74) is 0.0387. The zero-order chi connectivity index (χ0) is 15.9. The van der Waals surface area contributed by atoms with Crippen LogP contribution < -0.4 is 0 Å². The summed E-state index contributed by atoms with van der Waals surface area (Å²) in [7, 11) is 0. The van der Waals surface area contributed by atoms with E-state index in [1.807, 2.05) is 0 Å². The Morgan fingerprint density at radius 3 is 2.91 bits per heavy atom. The molecule has 0 bridgehead atoms. The number of benzene rings is 1. The van der Waals surface area contributed by atoms with Gasteiger partial charge in [-0.25, -0.2) is 4.39 Å². The molecular weight excluding hydrogens is 289 g/mol. The molecule has 6 heteroatoms. The highest BCUT2D eigenvalue weighted by Gasteiger charge is 2.55. The number of halogens is 1. The number of rotatable bonds is 2. The minimum absolute atomic E-state index is 0.158. The van der Waals surface area contributed by atoms with Crippen molar-refractivity contribution in [3.8, 4) is 0 Å². The summed E-state index contributed by atoms with van der Waals surface area (Å²) in [5.74, 6) is -1.88. The van der Waals surface area contributed by atoms with E-state index in [0.717, 1.165) is 0 Å². The summed E-state index contributed by atoms with van der Waals surface area (Å²) < 4.78 is 18.8. The second-order valence-electron chi connectivity index (χ2n) is 6.13. The number of aryl methyl sites for hydroxylation is 1. The minimum Gasteiger partial charge on any atom is -0.481 e. The van der Waals surface area contributed by atoms with Gasteiger partial charge in [-0.2, -0.15) is 0 Å². The molecule has 1 amide bonds. The highest BCUT2D eigenvalue weighted by atomic mass is 19.1. The van der Waals surface area contributed by atoms with E-state index in [-0.39, 0.29) is 18.4 Å². The Morgan fingerprint density at radius 2 is 2.23 bits per heavy atom. The van der Waals surface area contributed by atoms with Crippen molar-refractivity contribution in [1.29, 1.82) is 0 Å². The van der Waals surface area contributed by atoms with Gasteiger partial charge in [0.15, 0.2) is 0 Å². The van der Waals surface area contributed by atoms with E-state index in [9.17, 15) is 19.1 Å². The van der Waals surface area contributed by atoms with Crippen LogP contribution in [0.1, 0.15) is 22.3 Å². The number of hydrogen-bond acceptors (Lipinski definition) is 3. The number of carboxylic acid groups (broad SMARTS) is 1. The van der Waals surface area contributed by atoms with Gasteiger partial charge in [0, 0.05) is 31.2 Å². The summed E-state index contributed by atoms with van der Waals surface area (Å²) in [5, 5.41) is 9.61. The lowest BCUT2D eigenvalue weighted by Gasteiger charge is -2.33. The number of carboxylic acids is 1. The first-order chi connectivity index (χ1) is 10.4. The number of hydrogen-bond donors (Lipinski definition) is 1. The van der Waals surface area contributed by atoms with E-state index in [0.29, 0.717) is 37.3 Å². The second kappa shape index (κ2) is 5.35. The first-order valence-electron chi connectivity index (χ1n) is 7.30. The summed E-state index contributed by atoms with van der Waals surface area (Å²) in [4.78, 5) is 25.9. The fraction of sp³-hybridized carbons (Fsp3) is 0.500. The molecule has 2 heterocycles. The number of carbonyl (C=O) groups excluding carboxylic acids is 1. The molecule has 5 nitrogen and oxygen atoms in total. The van der Waals surface area contributed by atoms with Crippen LogP contribution in [0, 0.1) is 24.1 Å². The van der Waals surface area contributed by atoms with Crippen LogP contribution in [0.3, 0.4) is 0 Å². The summed E-state index contributed by atoms with van der Waals surface area (Å²) >= 11 is 0. The summed E-state index contributed by atoms with van der Waals surface area (Å²) in [6, 6.07) is 4.08. The maximum atomic E-state index is 13.4. The molecule has 1 N–H and O–H groups in total. The Labute approximate surface area is 127 Å². The molecule has 22 heavy (non-hydrogen) atoms. The average molecular weight is 307 g/mol. The van der Waals surface area contributed by atoms with E-state index < -0.39 is 17.2 Å². The third kappa shape index (κ3) is 2.27. The average Bonchev–Trinajstić information content (AvgIpc) is 2.90. The van der Waals surface area contributed by atoms with Crippen LogP contribution in [-0.4, -0.2) is 48.2 Å². The van der Waals surface area contributed by atoms with Crippen molar-refractivity contribution in [3.05, 3.63) is 35.1 Å². The molecule has 0 aliphatic carbocycles. The van der Waals surface area contributed by atoms with Crippen LogP contribution in [-0.2, 0) is 9.53 Å². The Bertz CT molecular complexity index is 633. The molecule has 2 aliphatic rings. The van der Waals surface area contributed by atoms with Gasteiger partial charge in [-0.15, -0.1) is 0 Å². The van der Waals surface area contributed by atoms with Gasteiger partial charge in [-0.05, 0) is 31.0 Å². The van der Waals surface area contributed by atoms with Gasteiger partial charge in [0.2, 0.25) is 0 Å². The van der Waals surface area contributed by atoms with Gasteiger partial charge in [0.1, 0.15) is 5.82 Å². The predicted molar refractivity (Wildman–Crippen MR) is 76.0 cm³/mol. The van der Waals surface area contributed by atoms with Crippen LogP contribution in [0.2, 0.25) is 0 Å². The molecular formula is C16H18FNO4. The molecule has 0 radical (unpaired) electrons. The van der Waals surface area contributed by atoms with E-state index in [1.54, 1.807) is 13.0 Å². The maximum absolute atomic E-state index is 13.4. The standard InChI is InChI=1S/C16H18FNO4/c1-10-2-3-12(17)6-13(10)14(19)18-7-11-8-22-5-4-16(11,9-18)15(20)21/h2-3,6,11H,4-5,7-9H2,1H3,(H,20,21)/t11-,16+/m0/s1. The van der Waals surface area contributed by atoms with Crippen molar-refractivity contribution in [2.24, 2.45) is 11.3 Å². The highest BCUT2D eigenvalue weighted by Crippen LogP contribution is 2.42. The van der Waals surface area contributed by atoms with Gasteiger partial charge in [0.05, 0.1) is 12.0 Å². The molecule has 2 fully saturated rings. The fourth-order valence-electron chi connectivity index (χ4n) is 3.45. The highest BCUT2D eigenvalue weighted by molar-refractivity contribution is 5.96. The number of aliphatic carboxylic acids is 1. The largest absolute Gasteiger partial charge is 0.481 e. The van der Waals surface area contributed by atoms with Crippen molar-refractivity contribution in [2.45, 2.75) is 13.3 Å². The maximum Gasteiger partial charge on any atom is 0.311 e. The molecule has 118 valence electrons. The number of ether oxygens (including phenoxy) is 1. The van der Waals surface area contributed by atoms with Crippen LogP contribution in [0.5, 0.6) is 0 Å². The molecule has 0 unspecified atom stereocenters. The van der Waals surface area contributed by atoms with E-state index in [4.69, 9.17) is 4.74 Å². The van der Waals surface area contributed by atoms with Crippen molar-refractivity contribution >= 4 is 11.9 Å². The van der Waals surface area contributed by atoms with E-state index in [1.165, 1.54) is 17.0 Å². The van der Waals surface area contributed by atoms with Gasteiger partial charge in [-0.1, -0.05) is 6.07 Å². The third-order valence-electron chi connectivity index (χ3n) is 4.85. The summed E-state index contributed by atoms with van der Waals surface area (Å²) in [6.07, 6.45) is 0.402. The zero-order valence-corrected chi connectivity index (χ0v) is 12.3.